The minimum atomic E-state index is -0.625. The van der Waals surface area contributed by atoms with Crippen molar-refractivity contribution in [3.8, 4) is 22.6 Å². The monoisotopic (exact) mass is 395 g/mol. The summed E-state index contributed by atoms with van der Waals surface area (Å²) in [5.74, 6) is 0.682. The van der Waals surface area contributed by atoms with E-state index in [1.54, 1.807) is 0 Å². The van der Waals surface area contributed by atoms with E-state index in [1.165, 1.54) is 5.56 Å². The minimum absolute atomic E-state index is 0.232. The topological polar surface area (TPSA) is 108 Å². The third kappa shape index (κ3) is 5.73. The Bertz CT molecular complexity index is 916. The Labute approximate surface area is 169 Å². The molecule has 0 aliphatic carbocycles. The molecule has 29 heavy (non-hydrogen) atoms. The van der Waals surface area contributed by atoms with Crippen molar-refractivity contribution in [3.05, 3.63) is 60.0 Å². The van der Waals surface area contributed by atoms with Gasteiger partial charge in [0, 0.05) is 18.4 Å². The molecular weight excluding hydrogens is 370 g/mol. The van der Waals surface area contributed by atoms with Crippen LogP contribution in [0.1, 0.15) is 24.3 Å². The van der Waals surface area contributed by atoms with Gasteiger partial charge in [-0.25, -0.2) is 0 Å². The molecule has 0 saturated heterocycles. The van der Waals surface area contributed by atoms with Crippen molar-refractivity contribution in [3.63, 3.8) is 0 Å². The largest absolute Gasteiger partial charge is 0.421 e. The summed E-state index contributed by atoms with van der Waals surface area (Å²) in [6, 6.07) is 15.7. The molecule has 3 aromatic rings. The number of benzene rings is 2. The quantitative estimate of drug-likeness (QED) is 0.514. The summed E-state index contributed by atoms with van der Waals surface area (Å²) in [7, 11) is 0. The lowest BCUT2D eigenvalue weighted by Crippen LogP contribution is -2.39. The molecule has 0 aliphatic heterocycles. The van der Waals surface area contributed by atoms with Gasteiger partial charge in [0.1, 0.15) is 0 Å². The van der Waals surface area contributed by atoms with E-state index in [1.807, 2.05) is 24.3 Å². The van der Waals surface area contributed by atoms with E-state index in [-0.39, 0.29) is 25.5 Å². The summed E-state index contributed by atoms with van der Waals surface area (Å²) in [4.78, 5) is 11.8. The number of rotatable bonds is 9. The number of aliphatic hydroxyl groups is 2. The van der Waals surface area contributed by atoms with Crippen molar-refractivity contribution < 1.29 is 19.4 Å². The highest BCUT2D eigenvalue weighted by atomic mass is 16.4. The lowest BCUT2D eigenvalue weighted by atomic mass is 10.0. The number of aryl methyl sites for hydroxylation is 2. The van der Waals surface area contributed by atoms with E-state index >= 15 is 0 Å². The van der Waals surface area contributed by atoms with Gasteiger partial charge in [0.05, 0.1) is 19.3 Å². The first-order valence-corrected chi connectivity index (χ1v) is 9.60. The molecule has 0 saturated carbocycles. The Morgan fingerprint density at radius 1 is 0.966 bits per heavy atom. The molecule has 0 spiro atoms. The zero-order valence-electron chi connectivity index (χ0n) is 16.3. The van der Waals surface area contributed by atoms with Crippen LogP contribution in [0.2, 0.25) is 0 Å². The fraction of sp³-hybridized carbons (Fsp3) is 0.318. The maximum atomic E-state index is 11.8. The lowest BCUT2D eigenvalue weighted by molar-refractivity contribution is -0.122. The molecule has 152 valence electrons. The van der Waals surface area contributed by atoms with Crippen molar-refractivity contribution in [2.75, 3.05) is 13.2 Å². The lowest BCUT2D eigenvalue weighted by Gasteiger charge is -2.12. The van der Waals surface area contributed by atoms with Gasteiger partial charge >= 0.3 is 0 Å². The normalized spacial score (nSPS) is 11.0. The SMILES string of the molecule is Cc1ccc(-c2ccc(-c3nnc(CCCC(=O)NC(CO)CO)o3)cc2)cc1. The molecule has 0 aliphatic rings. The Morgan fingerprint density at radius 2 is 1.55 bits per heavy atom. The van der Waals surface area contributed by atoms with E-state index < -0.39 is 6.04 Å². The Morgan fingerprint density at radius 3 is 2.17 bits per heavy atom. The predicted octanol–water partition coefficient (Wildman–Crippen LogP) is 2.50. The molecule has 7 nitrogen and oxygen atoms in total. The molecule has 1 amide bonds. The first kappa shape index (κ1) is 20.7. The van der Waals surface area contributed by atoms with Crippen LogP contribution in [0.4, 0.5) is 0 Å². The van der Waals surface area contributed by atoms with Crippen molar-refractivity contribution in [1.82, 2.24) is 15.5 Å². The molecule has 0 unspecified atom stereocenters. The molecule has 1 aromatic heterocycles. The summed E-state index contributed by atoms with van der Waals surface area (Å²) in [5, 5.41) is 28.6. The van der Waals surface area contributed by atoms with Gasteiger partial charge in [-0.15, -0.1) is 10.2 Å². The molecule has 2 aromatic carbocycles. The summed E-state index contributed by atoms with van der Waals surface area (Å²) < 4.78 is 5.70. The van der Waals surface area contributed by atoms with Crippen molar-refractivity contribution in [2.24, 2.45) is 0 Å². The van der Waals surface area contributed by atoms with Crippen LogP contribution in [0.3, 0.4) is 0 Å². The summed E-state index contributed by atoms with van der Waals surface area (Å²) in [5.41, 5.74) is 4.33. The first-order valence-electron chi connectivity index (χ1n) is 9.60. The number of nitrogens with one attached hydrogen (secondary N) is 1. The van der Waals surface area contributed by atoms with Crippen molar-refractivity contribution >= 4 is 5.91 Å². The number of nitrogens with zero attached hydrogens (tertiary/aromatic N) is 2. The first-order chi connectivity index (χ1) is 14.1. The molecule has 0 fully saturated rings. The van der Waals surface area contributed by atoms with Crippen LogP contribution in [0.15, 0.2) is 52.9 Å². The number of amides is 1. The summed E-state index contributed by atoms with van der Waals surface area (Å²) in [6.07, 6.45) is 1.26. The van der Waals surface area contributed by atoms with Gasteiger partial charge in [-0.2, -0.15) is 0 Å². The van der Waals surface area contributed by atoms with E-state index in [0.29, 0.717) is 24.6 Å². The van der Waals surface area contributed by atoms with Crippen molar-refractivity contribution in [1.29, 1.82) is 0 Å². The number of hydrogen-bond donors (Lipinski definition) is 3. The van der Waals surface area contributed by atoms with Crippen molar-refractivity contribution in [2.45, 2.75) is 32.2 Å². The third-order valence-electron chi connectivity index (χ3n) is 4.58. The van der Waals surface area contributed by atoms with Gasteiger partial charge in [0.2, 0.25) is 17.7 Å². The standard InChI is InChI=1S/C22H25N3O4/c1-15-5-7-16(8-6-15)17-9-11-18(12-10-17)22-25-24-21(29-22)4-2-3-20(28)23-19(13-26)14-27/h5-12,19,26-27H,2-4,13-14H2,1H3,(H,23,28). The average Bonchev–Trinajstić information content (AvgIpc) is 3.21. The number of aliphatic hydroxyl groups excluding tert-OH is 2. The van der Waals surface area contributed by atoms with Crippen LogP contribution >= 0.6 is 0 Å². The maximum absolute atomic E-state index is 11.8. The fourth-order valence-corrected chi connectivity index (χ4v) is 2.87. The molecule has 3 rings (SSSR count). The van der Waals surface area contributed by atoms with Crippen LogP contribution in [0.25, 0.3) is 22.6 Å². The highest BCUT2D eigenvalue weighted by molar-refractivity contribution is 5.76. The van der Waals surface area contributed by atoms with E-state index in [4.69, 9.17) is 14.6 Å². The Kier molecular flexibility index (Phi) is 7.10. The van der Waals surface area contributed by atoms with E-state index in [9.17, 15) is 4.79 Å². The summed E-state index contributed by atoms with van der Waals surface area (Å²) >= 11 is 0. The van der Waals surface area contributed by atoms with Gasteiger partial charge in [-0.05, 0) is 36.6 Å². The van der Waals surface area contributed by atoms with Crippen LogP contribution in [0, 0.1) is 6.92 Å². The fourth-order valence-electron chi connectivity index (χ4n) is 2.87. The minimum Gasteiger partial charge on any atom is -0.421 e. The summed E-state index contributed by atoms with van der Waals surface area (Å²) in [6.45, 7) is 1.48. The van der Waals surface area contributed by atoms with Crippen LogP contribution in [-0.4, -0.2) is 45.6 Å². The second-order valence-electron chi connectivity index (χ2n) is 6.93. The van der Waals surface area contributed by atoms with Gasteiger partial charge in [0.15, 0.2) is 0 Å². The van der Waals surface area contributed by atoms with Crippen LogP contribution in [-0.2, 0) is 11.2 Å². The Balaban J connectivity index is 1.54. The molecule has 0 bridgehead atoms. The maximum Gasteiger partial charge on any atom is 0.247 e. The van der Waals surface area contributed by atoms with E-state index in [2.05, 4.69) is 46.7 Å². The smallest absolute Gasteiger partial charge is 0.247 e. The number of hydrogen-bond acceptors (Lipinski definition) is 6. The number of carbonyl (C=O) groups is 1. The van der Waals surface area contributed by atoms with E-state index in [0.717, 1.165) is 16.7 Å². The molecule has 0 radical (unpaired) electrons. The number of carbonyl (C=O) groups excluding carboxylic acids is 1. The molecule has 0 atom stereocenters. The van der Waals surface area contributed by atoms with Gasteiger partial charge < -0.3 is 19.9 Å². The van der Waals surface area contributed by atoms with Crippen LogP contribution in [0.5, 0.6) is 0 Å². The zero-order chi connectivity index (χ0) is 20.6. The van der Waals surface area contributed by atoms with Gasteiger partial charge in [-0.1, -0.05) is 42.0 Å². The second kappa shape index (κ2) is 9.95. The molecule has 3 N–H and O–H groups in total. The van der Waals surface area contributed by atoms with Crippen LogP contribution < -0.4 is 5.32 Å². The molecule has 7 heteroatoms. The van der Waals surface area contributed by atoms with Gasteiger partial charge in [0.25, 0.3) is 0 Å². The average molecular weight is 395 g/mol. The Hall–Kier alpha value is -3.03. The zero-order valence-corrected chi connectivity index (χ0v) is 16.3. The molecular formula is C22H25N3O4. The highest BCUT2D eigenvalue weighted by Gasteiger charge is 2.12. The second-order valence-corrected chi connectivity index (χ2v) is 6.93. The third-order valence-corrected chi connectivity index (χ3v) is 4.58. The highest BCUT2D eigenvalue weighted by Crippen LogP contribution is 2.24. The number of aromatic nitrogens is 2. The van der Waals surface area contributed by atoms with Gasteiger partial charge in [-0.3, -0.25) is 4.79 Å². The predicted molar refractivity (Wildman–Crippen MR) is 109 cm³/mol. The molecule has 1 heterocycles.